The van der Waals surface area contributed by atoms with Gasteiger partial charge in [-0.25, -0.2) is 4.98 Å². The SMILES string of the molecule is Cc1cnc(N)c(C(O)CC2CN(C)CCN2C)c1. The van der Waals surface area contributed by atoms with Crippen molar-refractivity contribution >= 4 is 5.82 Å². The molecule has 5 heteroatoms. The van der Waals surface area contributed by atoms with Gasteiger partial charge in [0.05, 0.1) is 6.10 Å². The Balaban J connectivity index is 2.07. The van der Waals surface area contributed by atoms with Crippen LogP contribution in [0, 0.1) is 6.92 Å². The maximum absolute atomic E-state index is 10.4. The molecule has 1 saturated heterocycles. The van der Waals surface area contributed by atoms with Crippen molar-refractivity contribution in [3.63, 3.8) is 0 Å². The second-order valence-electron chi connectivity index (χ2n) is 5.64. The first-order valence-electron chi connectivity index (χ1n) is 6.76. The van der Waals surface area contributed by atoms with E-state index in [1.165, 1.54) is 0 Å². The zero-order chi connectivity index (χ0) is 14.0. The summed E-state index contributed by atoms with van der Waals surface area (Å²) < 4.78 is 0. The number of aromatic nitrogens is 1. The highest BCUT2D eigenvalue weighted by atomic mass is 16.3. The highest BCUT2D eigenvalue weighted by Crippen LogP contribution is 2.26. The number of nitrogens with two attached hydrogens (primary N) is 1. The largest absolute Gasteiger partial charge is 0.388 e. The number of likely N-dealkylation sites (N-methyl/N-ethyl adjacent to an activating group) is 2. The Hall–Kier alpha value is -1.17. The molecule has 0 amide bonds. The van der Waals surface area contributed by atoms with Gasteiger partial charge in [-0.1, -0.05) is 0 Å². The minimum atomic E-state index is -0.550. The maximum Gasteiger partial charge on any atom is 0.129 e. The van der Waals surface area contributed by atoms with Crippen molar-refractivity contribution in [3.8, 4) is 0 Å². The van der Waals surface area contributed by atoms with E-state index >= 15 is 0 Å². The molecule has 1 aromatic rings. The van der Waals surface area contributed by atoms with E-state index < -0.39 is 6.10 Å². The van der Waals surface area contributed by atoms with E-state index in [0.29, 0.717) is 18.3 Å². The van der Waals surface area contributed by atoms with E-state index in [1.807, 2.05) is 13.0 Å². The van der Waals surface area contributed by atoms with E-state index in [-0.39, 0.29) is 0 Å². The second kappa shape index (κ2) is 5.86. The highest BCUT2D eigenvalue weighted by Gasteiger charge is 2.26. The number of nitrogen functional groups attached to an aromatic ring is 1. The van der Waals surface area contributed by atoms with E-state index in [9.17, 15) is 5.11 Å². The quantitative estimate of drug-likeness (QED) is 0.839. The fourth-order valence-corrected chi connectivity index (χ4v) is 2.61. The second-order valence-corrected chi connectivity index (χ2v) is 5.64. The van der Waals surface area contributed by atoms with Gasteiger partial charge in [0.1, 0.15) is 5.82 Å². The minimum absolute atomic E-state index is 0.355. The Kier molecular flexibility index (Phi) is 4.39. The van der Waals surface area contributed by atoms with Crippen LogP contribution < -0.4 is 5.73 Å². The van der Waals surface area contributed by atoms with Gasteiger partial charge in [-0.05, 0) is 39.1 Å². The van der Waals surface area contributed by atoms with E-state index in [2.05, 4.69) is 28.9 Å². The molecule has 5 nitrogen and oxygen atoms in total. The molecule has 0 spiro atoms. The first kappa shape index (κ1) is 14.2. The summed E-state index contributed by atoms with van der Waals surface area (Å²) in [4.78, 5) is 8.73. The first-order valence-corrected chi connectivity index (χ1v) is 6.76. The minimum Gasteiger partial charge on any atom is -0.388 e. The standard InChI is InChI=1S/C14H24N4O/c1-10-6-12(14(15)16-8-10)13(19)7-11-9-17(2)4-5-18(11)3/h6,8,11,13,19H,4-5,7,9H2,1-3H3,(H2,15,16). The molecule has 2 heterocycles. The van der Waals surface area contributed by atoms with Crippen LogP contribution >= 0.6 is 0 Å². The summed E-state index contributed by atoms with van der Waals surface area (Å²) in [6, 6.07) is 2.29. The number of aliphatic hydroxyl groups is 1. The van der Waals surface area contributed by atoms with Crippen LogP contribution in [0.2, 0.25) is 0 Å². The van der Waals surface area contributed by atoms with Crippen molar-refractivity contribution in [3.05, 3.63) is 23.4 Å². The summed E-state index contributed by atoms with van der Waals surface area (Å²) in [5.41, 5.74) is 7.64. The Morgan fingerprint density at radius 2 is 2.21 bits per heavy atom. The zero-order valence-electron chi connectivity index (χ0n) is 12.0. The average molecular weight is 264 g/mol. The topological polar surface area (TPSA) is 65.6 Å². The lowest BCUT2D eigenvalue weighted by Crippen LogP contribution is -2.50. The van der Waals surface area contributed by atoms with Crippen LogP contribution in [0.5, 0.6) is 0 Å². The molecule has 1 aliphatic rings. The van der Waals surface area contributed by atoms with Gasteiger partial charge < -0.3 is 20.6 Å². The average Bonchev–Trinajstić information content (AvgIpc) is 2.36. The van der Waals surface area contributed by atoms with Crippen LogP contribution in [0.25, 0.3) is 0 Å². The van der Waals surface area contributed by atoms with Crippen molar-refractivity contribution in [1.82, 2.24) is 14.8 Å². The summed E-state index contributed by atoms with van der Waals surface area (Å²) in [7, 11) is 4.23. The first-order chi connectivity index (χ1) is 8.97. The molecule has 1 aromatic heterocycles. The van der Waals surface area contributed by atoms with Gasteiger partial charge in [-0.3, -0.25) is 0 Å². The lowest BCUT2D eigenvalue weighted by molar-refractivity contribution is 0.0636. The van der Waals surface area contributed by atoms with Crippen molar-refractivity contribution < 1.29 is 5.11 Å². The third-order valence-electron chi connectivity index (χ3n) is 3.92. The van der Waals surface area contributed by atoms with Gasteiger partial charge >= 0.3 is 0 Å². The third-order valence-corrected chi connectivity index (χ3v) is 3.92. The van der Waals surface area contributed by atoms with Crippen LogP contribution in [0.1, 0.15) is 23.7 Å². The molecule has 2 atom stereocenters. The summed E-state index contributed by atoms with van der Waals surface area (Å²) >= 11 is 0. The van der Waals surface area contributed by atoms with Gasteiger partial charge in [0.2, 0.25) is 0 Å². The predicted molar refractivity (Wildman–Crippen MR) is 76.9 cm³/mol. The van der Waals surface area contributed by atoms with Crippen LogP contribution in [-0.4, -0.2) is 59.7 Å². The molecule has 19 heavy (non-hydrogen) atoms. The highest BCUT2D eigenvalue weighted by molar-refractivity contribution is 5.42. The lowest BCUT2D eigenvalue weighted by atomic mass is 9.99. The molecule has 0 aromatic carbocycles. The lowest BCUT2D eigenvalue weighted by Gasteiger charge is -2.38. The van der Waals surface area contributed by atoms with Crippen molar-refractivity contribution in [1.29, 1.82) is 0 Å². The molecule has 1 fully saturated rings. The van der Waals surface area contributed by atoms with Crippen LogP contribution in [0.3, 0.4) is 0 Å². The Labute approximate surface area is 115 Å². The van der Waals surface area contributed by atoms with Gasteiger partial charge in [0.15, 0.2) is 0 Å². The van der Waals surface area contributed by atoms with Crippen molar-refractivity contribution in [2.45, 2.75) is 25.5 Å². The van der Waals surface area contributed by atoms with Crippen LogP contribution in [-0.2, 0) is 0 Å². The molecule has 0 bridgehead atoms. The molecule has 3 N–H and O–H groups in total. The zero-order valence-corrected chi connectivity index (χ0v) is 12.0. The number of anilines is 1. The number of nitrogens with zero attached hydrogens (tertiary/aromatic N) is 3. The van der Waals surface area contributed by atoms with E-state index in [1.54, 1.807) is 6.20 Å². The van der Waals surface area contributed by atoms with Crippen LogP contribution in [0.15, 0.2) is 12.3 Å². The number of hydrogen-bond donors (Lipinski definition) is 2. The number of aliphatic hydroxyl groups excluding tert-OH is 1. The summed E-state index contributed by atoms with van der Waals surface area (Å²) in [5.74, 6) is 0.435. The monoisotopic (exact) mass is 264 g/mol. The van der Waals surface area contributed by atoms with Crippen LogP contribution in [0.4, 0.5) is 5.82 Å². The molecule has 0 radical (unpaired) electrons. The molecule has 2 rings (SSSR count). The van der Waals surface area contributed by atoms with Gasteiger partial charge in [0, 0.05) is 37.4 Å². The fourth-order valence-electron chi connectivity index (χ4n) is 2.61. The van der Waals surface area contributed by atoms with E-state index in [4.69, 9.17) is 5.73 Å². The normalized spacial score (nSPS) is 23.5. The summed E-state index contributed by atoms with van der Waals surface area (Å²) in [5, 5.41) is 10.4. The van der Waals surface area contributed by atoms with Gasteiger partial charge in [-0.2, -0.15) is 0 Å². The van der Waals surface area contributed by atoms with Crippen molar-refractivity contribution in [2.24, 2.45) is 0 Å². The van der Waals surface area contributed by atoms with E-state index in [0.717, 1.165) is 30.8 Å². The molecular formula is C14H24N4O. The number of hydrogen-bond acceptors (Lipinski definition) is 5. The number of piperazine rings is 1. The Bertz CT molecular complexity index is 437. The number of aryl methyl sites for hydroxylation is 1. The van der Waals surface area contributed by atoms with Gasteiger partial charge in [-0.15, -0.1) is 0 Å². The van der Waals surface area contributed by atoms with Gasteiger partial charge in [0.25, 0.3) is 0 Å². The maximum atomic E-state index is 10.4. The Morgan fingerprint density at radius 1 is 1.47 bits per heavy atom. The third kappa shape index (κ3) is 3.43. The summed E-state index contributed by atoms with van der Waals surface area (Å²) in [6.07, 6.45) is 1.87. The molecule has 0 saturated carbocycles. The summed E-state index contributed by atoms with van der Waals surface area (Å²) in [6.45, 7) is 5.06. The number of rotatable bonds is 3. The van der Waals surface area contributed by atoms with Crippen molar-refractivity contribution in [2.75, 3.05) is 39.5 Å². The molecule has 106 valence electrons. The molecule has 0 aliphatic carbocycles. The molecular weight excluding hydrogens is 240 g/mol. The Morgan fingerprint density at radius 3 is 2.95 bits per heavy atom. The number of pyridine rings is 1. The molecule has 2 unspecified atom stereocenters. The smallest absolute Gasteiger partial charge is 0.129 e. The molecule has 1 aliphatic heterocycles. The predicted octanol–water partition coefficient (Wildman–Crippen LogP) is 0.642. The fraction of sp³-hybridized carbons (Fsp3) is 0.643.